The summed E-state index contributed by atoms with van der Waals surface area (Å²) in [6, 6.07) is 6.87. The van der Waals surface area contributed by atoms with Crippen LogP contribution in [0.15, 0.2) is 30.5 Å². The number of amides is 1. The Bertz CT molecular complexity index is 948. The van der Waals surface area contributed by atoms with Crippen LogP contribution in [-0.2, 0) is 11.3 Å². The van der Waals surface area contributed by atoms with Crippen molar-refractivity contribution in [3.05, 3.63) is 42.0 Å². The second-order valence-corrected chi connectivity index (χ2v) is 6.24. The molecule has 0 radical (unpaired) electrons. The monoisotopic (exact) mass is 339 g/mol. The number of carbonyl (C=O) groups excluding carboxylic acids is 1. The molecular formula is C18H18FN5O. The average Bonchev–Trinajstić information content (AvgIpc) is 3.40. The van der Waals surface area contributed by atoms with Crippen LogP contribution in [0, 0.1) is 5.82 Å². The topological polar surface area (TPSA) is 72.7 Å². The van der Waals surface area contributed by atoms with E-state index in [9.17, 15) is 9.18 Å². The van der Waals surface area contributed by atoms with Gasteiger partial charge in [0.1, 0.15) is 11.6 Å². The van der Waals surface area contributed by atoms with E-state index in [2.05, 4.69) is 25.1 Å². The lowest BCUT2D eigenvalue weighted by atomic mass is 10.2. The van der Waals surface area contributed by atoms with E-state index in [0.717, 1.165) is 35.3 Å². The Morgan fingerprint density at radius 2 is 2.20 bits per heavy atom. The molecule has 128 valence electrons. The van der Waals surface area contributed by atoms with Gasteiger partial charge < -0.3 is 9.88 Å². The van der Waals surface area contributed by atoms with E-state index in [4.69, 9.17) is 0 Å². The molecule has 2 aromatic heterocycles. The molecule has 0 unspecified atom stereocenters. The van der Waals surface area contributed by atoms with Gasteiger partial charge in [-0.3, -0.25) is 4.79 Å². The maximum Gasteiger partial charge on any atom is 0.220 e. The van der Waals surface area contributed by atoms with Gasteiger partial charge in [0.2, 0.25) is 5.91 Å². The van der Waals surface area contributed by atoms with Gasteiger partial charge in [-0.1, -0.05) is 6.92 Å². The molecule has 1 aliphatic carbocycles. The molecule has 1 N–H and O–H groups in total. The van der Waals surface area contributed by atoms with E-state index in [1.807, 2.05) is 6.07 Å². The third kappa shape index (κ3) is 3.09. The third-order valence-corrected chi connectivity index (χ3v) is 4.31. The third-order valence-electron chi connectivity index (χ3n) is 4.31. The number of hydrogen-bond acceptors (Lipinski definition) is 4. The standard InChI is InChI=1S/C18H18FN5O/c1-2-17(25)20-10-13-7-11(9-21-23-13)18-22-15-6-3-12(19)8-16(15)24(18)14-4-5-14/h3,6-9,14H,2,4-5,10H2,1H3,(H,20,25). The molecule has 25 heavy (non-hydrogen) atoms. The zero-order valence-corrected chi connectivity index (χ0v) is 13.9. The molecule has 1 fully saturated rings. The first-order valence-electron chi connectivity index (χ1n) is 8.42. The van der Waals surface area contributed by atoms with E-state index in [1.54, 1.807) is 19.2 Å². The lowest BCUT2D eigenvalue weighted by Gasteiger charge is -2.08. The number of hydrogen-bond donors (Lipinski definition) is 1. The summed E-state index contributed by atoms with van der Waals surface area (Å²) < 4.78 is 15.8. The maximum absolute atomic E-state index is 13.7. The Morgan fingerprint density at radius 3 is 2.96 bits per heavy atom. The van der Waals surface area contributed by atoms with Crippen LogP contribution in [0.5, 0.6) is 0 Å². The second-order valence-electron chi connectivity index (χ2n) is 6.24. The van der Waals surface area contributed by atoms with Gasteiger partial charge in [0.15, 0.2) is 0 Å². The largest absolute Gasteiger partial charge is 0.350 e. The number of carbonyl (C=O) groups is 1. The number of halogens is 1. The Balaban J connectivity index is 1.74. The van der Waals surface area contributed by atoms with Crippen molar-refractivity contribution in [3.8, 4) is 11.4 Å². The number of nitrogens with one attached hydrogen (secondary N) is 1. The summed E-state index contributed by atoms with van der Waals surface area (Å²) in [7, 11) is 0. The average molecular weight is 339 g/mol. The molecular weight excluding hydrogens is 321 g/mol. The number of benzene rings is 1. The van der Waals surface area contributed by atoms with Crippen molar-refractivity contribution in [1.82, 2.24) is 25.1 Å². The maximum atomic E-state index is 13.7. The Labute approximate surface area is 144 Å². The zero-order chi connectivity index (χ0) is 17.4. The molecule has 1 aromatic carbocycles. The van der Waals surface area contributed by atoms with Crippen LogP contribution in [0.4, 0.5) is 4.39 Å². The minimum absolute atomic E-state index is 0.0344. The molecule has 4 rings (SSSR count). The normalized spacial score (nSPS) is 14.0. The quantitative estimate of drug-likeness (QED) is 0.775. The number of rotatable bonds is 5. The molecule has 2 heterocycles. The molecule has 0 bridgehead atoms. The highest BCUT2D eigenvalue weighted by Crippen LogP contribution is 2.41. The fraction of sp³-hybridized carbons (Fsp3) is 0.333. The molecule has 0 spiro atoms. The van der Waals surface area contributed by atoms with Crippen molar-refractivity contribution in [2.75, 3.05) is 0 Å². The number of imidazole rings is 1. The van der Waals surface area contributed by atoms with Crippen molar-refractivity contribution >= 4 is 16.9 Å². The Morgan fingerprint density at radius 1 is 1.36 bits per heavy atom. The lowest BCUT2D eigenvalue weighted by Crippen LogP contribution is -2.22. The molecule has 7 heteroatoms. The number of fused-ring (bicyclic) bond motifs is 1. The van der Waals surface area contributed by atoms with Crippen LogP contribution in [0.3, 0.4) is 0 Å². The summed E-state index contributed by atoms with van der Waals surface area (Å²) in [5.74, 6) is 0.464. The van der Waals surface area contributed by atoms with Gasteiger partial charge in [-0.2, -0.15) is 10.2 Å². The van der Waals surface area contributed by atoms with E-state index < -0.39 is 0 Å². The Hall–Kier alpha value is -2.83. The molecule has 0 saturated heterocycles. The number of aromatic nitrogens is 4. The highest BCUT2D eigenvalue weighted by Gasteiger charge is 2.29. The summed E-state index contributed by atoms with van der Waals surface area (Å²) >= 11 is 0. The van der Waals surface area contributed by atoms with E-state index in [-0.39, 0.29) is 11.7 Å². The zero-order valence-electron chi connectivity index (χ0n) is 13.9. The van der Waals surface area contributed by atoms with Crippen LogP contribution in [0.25, 0.3) is 22.4 Å². The molecule has 3 aromatic rings. The fourth-order valence-corrected chi connectivity index (χ4v) is 2.91. The lowest BCUT2D eigenvalue weighted by molar-refractivity contribution is -0.120. The molecule has 1 amide bonds. The fourth-order valence-electron chi connectivity index (χ4n) is 2.91. The molecule has 0 aliphatic heterocycles. The van der Waals surface area contributed by atoms with Crippen LogP contribution >= 0.6 is 0 Å². The SMILES string of the molecule is CCC(=O)NCc1cc(-c2nc3ccc(F)cc3n2C2CC2)cnn1. The van der Waals surface area contributed by atoms with Crippen LogP contribution in [0.2, 0.25) is 0 Å². The molecule has 0 atom stereocenters. The highest BCUT2D eigenvalue weighted by molar-refractivity contribution is 5.81. The van der Waals surface area contributed by atoms with E-state index >= 15 is 0 Å². The minimum Gasteiger partial charge on any atom is -0.350 e. The summed E-state index contributed by atoms with van der Waals surface area (Å²) in [6.07, 6.45) is 4.21. The van der Waals surface area contributed by atoms with E-state index in [0.29, 0.717) is 24.7 Å². The van der Waals surface area contributed by atoms with Crippen molar-refractivity contribution in [2.45, 2.75) is 38.8 Å². The molecule has 6 nitrogen and oxygen atoms in total. The summed E-state index contributed by atoms with van der Waals surface area (Å²) in [5, 5.41) is 10.9. The van der Waals surface area contributed by atoms with Crippen molar-refractivity contribution in [2.24, 2.45) is 0 Å². The summed E-state index contributed by atoms with van der Waals surface area (Å²) in [6.45, 7) is 2.13. The van der Waals surface area contributed by atoms with Crippen molar-refractivity contribution < 1.29 is 9.18 Å². The minimum atomic E-state index is -0.267. The van der Waals surface area contributed by atoms with Gasteiger partial charge in [-0.25, -0.2) is 9.37 Å². The van der Waals surface area contributed by atoms with Gasteiger partial charge in [0.05, 0.1) is 29.5 Å². The van der Waals surface area contributed by atoms with Gasteiger partial charge in [-0.05, 0) is 37.1 Å². The summed E-state index contributed by atoms with van der Waals surface area (Å²) in [4.78, 5) is 16.1. The van der Waals surface area contributed by atoms with Gasteiger partial charge >= 0.3 is 0 Å². The first-order chi connectivity index (χ1) is 12.2. The van der Waals surface area contributed by atoms with Crippen LogP contribution < -0.4 is 5.32 Å². The van der Waals surface area contributed by atoms with Crippen LogP contribution in [-0.4, -0.2) is 25.7 Å². The van der Waals surface area contributed by atoms with Crippen LogP contribution in [0.1, 0.15) is 37.9 Å². The predicted molar refractivity (Wildman–Crippen MR) is 91.1 cm³/mol. The van der Waals surface area contributed by atoms with Crippen molar-refractivity contribution in [1.29, 1.82) is 0 Å². The van der Waals surface area contributed by atoms with Gasteiger partial charge in [0.25, 0.3) is 0 Å². The smallest absolute Gasteiger partial charge is 0.220 e. The predicted octanol–water partition coefficient (Wildman–Crippen LogP) is 2.99. The number of nitrogens with zero attached hydrogens (tertiary/aromatic N) is 4. The van der Waals surface area contributed by atoms with Gasteiger partial charge in [-0.15, -0.1) is 0 Å². The molecule has 1 saturated carbocycles. The Kier molecular flexibility index (Phi) is 3.91. The first-order valence-corrected chi connectivity index (χ1v) is 8.42. The first kappa shape index (κ1) is 15.7. The van der Waals surface area contributed by atoms with Crippen molar-refractivity contribution in [3.63, 3.8) is 0 Å². The second kappa shape index (κ2) is 6.23. The molecule has 1 aliphatic rings. The highest BCUT2D eigenvalue weighted by atomic mass is 19.1. The van der Waals surface area contributed by atoms with E-state index in [1.165, 1.54) is 12.1 Å². The van der Waals surface area contributed by atoms with Gasteiger partial charge in [0, 0.05) is 18.0 Å². The summed E-state index contributed by atoms with van der Waals surface area (Å²) in [5.41, 5.74) is 3.05.